The standard InChI is InChI=1S/C16H21FN2O/c17-14-7-6-12-9-19(10-13(12)8-14)16(20)15(18)11-4-2-1-3-5-11/h6-8,11,15H,1-5,9-10,18H2/t15-/m0/s1. The predicted molar refractivity (Wildman–Crippen MR) is 75.2 cm³/mol. The van der Waals surface area contributed by atoms with Crippen LogP contribution in [-0.2, 0) is 17.9 Å². The maximum atomic E-state index is 13.2. The van der Waals surface area contributed by atoms with Crippen LogP contribution in [0.25, 0.3) is 0 Å². The quantitative estimate of drug-likeness (QED) is 0.902. The molecule has 0 aromatic heterocycles. The van der Waals surface area contributed by atoms with Gasteiger partial charge in [0.15, 0.2) is 0 Å². The minimum absolute atomic E-state index is 0.0218. The molecule has 4 heteroatoms. The van der Waals surface area contributed by atoms with Crippen LogP contribution in [-0.4, -0.2) is 16.8 Å². The Kier molecular flexibility index (Phi) is 3.74. The highest BCUT2D eigenvalue weighted by atomic mass is 19.1. The second kappa shape index (κ2) is 5.52. The van der Waals surface area contributed by atoms with Crippen LogP contribution >= 0.6 is 0 Å². The fourth-order valence-corrected chi connectivity index (χ4v) is 3.42. The highest BCUT2D eigenvalue weighted by Gasteiger charge is 2.32. The summed E-state index contributed by atoms with van der Waals surface area (Å²) in [6, 6.07) is 4.35. The molecule has 1 aliphatic carbocycles. The molecule has 108 valence electrons. The second-order valence-corrected chi connectivity index (χ2v) is 6.03. The molecule has 1 aromatic carbocycles. The third kappa shape index (κ3) is 2.57. The van der Waals surface area contributed by atoms with Gasteiger partial charge in [-0.2, -0.15) is 0 Å². The Morgan fingerprint density at radius 1 is 1.20 bits per heavy atom. The Hall–Kier alpha value is -1.42. The lowest BCUT2D eigenvalue weighted by molar-refractivity contribution is -0.134. The third-order valence-electron chi connectivity index (χ3n) is 4.65. The van der Waals surface area contributed by atoms with Crippen molar-refractivity contribution in [1.82, 2.24) is 4.90 Å². The van der Waals surface area contributed by atoms with Crippen molar-refractivity contribution in [3.05, 3.63) is 35.1 Å². The lowest BCUT2D eigenvalue weighted by atomic mass is 9.84. The van der Waals surface area contributed by atoms with Crippen LogP contribution in [0.1, 0.15) is 43.2 Å². The lowest BCUT2D eigenvalue weighted by Crippen LogP contribution is -2.46. The summed E-state index contributed by atoms with van der Waals surface area (Å²) in [5, 5.41) is 0. The van der Waals surface area contributed by atoms with E-state index in [4.69, 9.17) is 5.73 Å². The van der Waals surface area contributed by atoms with E-state index < -0.39 is 6.04 Å². The number of rotatable bonds is 2. The van der Waals surface area contributed by atoms with E-state index in [9.17, 15) is 9.18 Å². The molecule has 1 amide bonds. The number of benzene rings is 1. The molecule has 0 bridgehead atoms. The molecular formula is C16H21FN2O. The molecule has 0 unspecified atom stereocenters. The first-order valence-electron chi connectivity index (χ1n) is 7.47. The molecule has 1 aliphatic heterocycles. The molecule has 1 atom stereocenters. The number of carbonyl (C=O) groups excluding carboxylic acids is 1. The van der Waals surface area contributed by atoms with Gasteiger partial charge in [-0.15, -0.1) is 0 Å². The highest BCUT2D eigenvalue weighted by Crippen LogP contribution is 2.29. The molecular weight excluding hydrogens is 255 g/mol. The Labute approximate surface area is 118 Å². The number of nitrogens with zero attached hydrogens (tertiary/aromatic N) is 1. The number of fused-ring (bicyclic) bond motifs is 1. The summed E-state index contributed by atoms with van der Waals surface area (Å²) in [4.78, 5) is 14.3. The maximum Gasteiger partial charge on any atom is 0.240 e. The average Bonchev–Trinajstić information content (AvgIpc) is 2.89. The first-order valence-corrected chi connectivity index (χ1v) is 7.47. The van der Waals surface area contributed by atoms with Gasteiger partial charge in [-0.3, -0.25) is 4.79 Å². The first kappa shape index (κ1) is 13.6. The van der Waals surface area contributed by atoms with Crippen molar-refractivity contribution >= 4 is 5.91 Å². The van der Waals surface area contributed by atoms with Crippen LogP contribution in [0.3, 0.4) is 0 Å². The Morgan fingerprint density at radius 3 is 2.65 bits per heavy atom. The van der Waals surface area contributed by atoms with Gasteiger partial charge >= 0.3 is 0 Å². The van der Waals surface area contributed by atoms with Crippen LogP contribution in [0.5, 0.6) is 0 Å². The van der Waals surface area contributed by atoms with E-state index in [0.717, 1.165) is 24.0 Å². The van der Waals surface area contributed by atoms with E-state index >= 15 is 0 Å². The fraction of sp³-hybridized carbons (Fsp3) is 0.562. The molecule has 1 fully saturated rings. The van der Waals surface area contributed by atoms with Crippen molar-refractivity contribution in [1.29, 1.82) is 0 Å². The second-order valence-electron chi connectivity index (χ2n) is 6.03. The van der Waals surface area contributed by atoms with Crippen molar-refractivity contribution in [2.75, 3.05) is 0 Å². The summed E-state index contributed by atoms with van der Waals surface area (Å²) in [6.07, 6.45) is 5.73. The van der Waals surface area contributed by atoms with Crippen LogP contribution in [0.15, 0.2) is 18.2 Å². The van der Waals surface area contributed by atoms with E-state index in [1.54, 1.807) is 11.0 Å². The number of hydrogen-bond acceptors (Lipinski definition) is 2. The summed E-state index contributed by atoms with van der Waals surface area (Å²) in [5.74, 6) is 0.0971. The zero-order valence-corrected chi connectivity index (χ0v) is 11.6. The van der Waals surface area contributed by atoms with E-state index in [1.165, 1.54) is 31.4 Å². The van der Waals surface area contributed by atoms with Gasteiger partial charge in [0.05, 0.1) is 6.04 Å². The summed E-state index contributed by atoms with van der Waals surface area (Å²) >= 11 is 0. The SMILES string of the molecule is N[C@H](C(=O)N1Cc2ccc(F)cc2C1)C1CCCCC1. The minimum Gasteiger partial charge on any atom is -0.333 e. The first-order chi connectivity index (χ1) is 9.65. The van der Waals surface area contributed by atoms with Crippen molar-refractivity contribution in [3.8, 4) is 0 Å². The fourth-order valence-electron chi connectivity index (χ4n) is 3.42. The Balaban J connectivity index is 1.67. The largest absolute Gasteiger partial charge is 0.333 e. The van der Waals surface area contributed by atoms with E-state index in [1.807, 2.05) is 0 Å². The summed E-state index contributed by atoms with van der Waals surface area (Å²) in [5.41, 5.74) is 8.12. The Morgan fingerprint density at radius 2 is 1.90 bits per heavy atom. The molecule has 3 nitrogen and oxygen atoms in total. The van der Waals surface area contributed by atoms with Crippen LogP contribution in [0, 0.1) is 11.7 Å². The molecule has 2 N–H and O–H groups in total. The number of carbonyl (C=O) groups is 1. The van der Waals surface area contributed by atoms with Gasteiger partial charge in [0.2, 0.25) is 5.91 Å². The number of halogens is 1. The van der Waals surface area contributed by atoms with Gasteiger partial charge in [-0.1, -0.05) is 25.3 Å². The molecule has 0 saturated heterocycles. The monoisotopic (exact) mass is 276 g/mol. The van der Waals surface area contributed by atoms with Crippen molar-refractivity contribution in [3.63, 3.8) is 0 Å². The summed E-state index contributed by atoms with van der Waals surface area (Å²) < 4.78 is 13.2. The number of amides is 1. The number of hydrogen-bond donors (Lipinski definition) is 1. The highest BCUT2D eigenvalue weighted by molar-refractivity contribution is 5.82. The van der Waals surface area contributed by atoms with E-state index in [2.05, 4.69) is 0 Å². The van der Waals surface area contributed by atoms with Gasteiger partial charge in [0.1, 0.15) is 5.82 Å². The van der Waals surface area contributed by atoms with Crippen molar-refractivity contribution < 1.29 is 9.18 Å². The molecule has 3 rings (SSSR count). The van der Waals surface area contributed by atoms with Crippen molar-refractivity contribution in [2.24, 2.45) is 11.7 Å². The van der Waals surface area contributed by atoms with Crippen LogP contribution in [0.4, 0.5) is 4.39 Å². The minimum atomic E-state index is -0.394. The zero-order valence-electron chi connectivity index (χ0n) is 11.6. The smallest absolute Gasteiger partial charge is 0.240 e. The molecule has 1 aromatic rings. The van der Waals surface area contributed by atoms with Gasteiger partial charge < -0.3 is 10.6 Å². The summed E-state index contributed by atoms with van der Waals surface area (Å²) in [6.45, 7) is 1.06. The normalized spacial score (nSPS) is 20.8. The van der Waals surface area contributed by atoms with Gasteiger partial charge in [0.25, 0.3) is 0 Å². The van der Waals surface area contributed by atoms with Gasteiger partial charge in [0, 0.05) is 13.1 Å². The molecule has 0 spiro atoms. The van der Waals surface area contributed by atoms with Crippen LogP contribution in [0.2, 0.25) is 0 Å². The molecule has 0 radical (unpaired) electrons. The number of nitrogens with two attached hydrogens (primary N) is 1. The maximum absolute atomic E-state index is 13.2. The molecule has 1 saturated carbocycles. The van der Waals surface area contributed by atoms with Crippen LogP contribution < -0.4 is 5.73 Å². The Bertz CT molecular complexity index is 511. The summed E-state index contributed by atoms with van der Waals surface area (Å²) in [7, 11) is 0. The zero-order chi connectivity index (χ0) is 14.1. The van der Waals surface area contributed by atoms with Crippen molar-refractivity contribution in [2.45, 2.75) is 51.2 Å². The molecule has 1 heterocycles. The molecule has 20 heavy (non-hydrogen) atoms. The van der Waals surface area contributed by atoms with E-state index in [0.29, 0.717) is 19.0 Å². The van der Waals surface area contributed by atoms with E-state index in [-0.39, 0.29) is 11.7 Å². The predicted octanol–water partition coefficient (Wildman–Crippen LogP) is 2.58. The average molecular weight is 276 g/mol. The molecule has 2 aliphatic rings. The third-order valence-corrected chi connectivity index (χ3v) is 4.65. The van der Waals surface area contributed by atoms with Gasteiger partial charge in [-0.05, 0) is 42.0 Å². The topological polar surface area (TPSA) is 46.3 Å². The lowest BCUT2D eigenvalue weighted by Gasteiger charge is -2.29. The van der Waals surface area contributed by atoms with Gasteiger partial charge in [-0.25, -0.2) is 4.39 Å².